The van der Waals surface area contributed by atoms with Crippen LogP contribution in [0.5, 0.6) is 0 Å². The lowest BCUT2D eigenvalue weighted by atomic mass is 10.2. The molecule has 1 N–H and O–H groups in total. The van der Waals surface area contributed by atoms with Crippen molar-refractivity contribution in [3.05, 3.63) is 92.1 Å². The smallest absolute Gasteiger partial charge is 0.349 e. The maximum absolute atomic E-state index is 13.3. The van der Waals surface area contributed by atoms with Crippen LogP contribution in [-0.2, 0) is 22.7 Å². The summed E-state index contributed by atoms with van der Waals surface area (Å²) in [6, 6.07) is 13.0. The van der Waals surface area contributed by atoms with E-state index in [0.29, 0.717) is 16.1 Å². The number of nitrogens with zero attached hydrogens (tertiary/aromatic N) is 2. The predicted molar refractivity (Wildman–Crippen MR) is 124 cm³/mol. The Kier molecular flexibility index (Phi) is 6.52. The molecule has 0 saturated carbocycles. The number of hydrogen-bond donors (Lipinski definition) is 1. The Labute approximate surface area is 196 Å². The summed E-state index contributed by atoms with van der Waals surface area (Å²) < 4.78 is 19.8. The van der Waals surface area contributed by atoms with E-state index < -0.39 is 23.3 Å². The molecule has 0 aliphatic rings. The zero-order chi connectivity index (χ0) is 23.5. The highest BCUT2D eigenvalue weighted by Gasteiger charge is 2.21. The van der Waals surface area contributed by atoms with Crippen molar-refractivity contribution in [1.82, 2.24) is 9.55 Å². The topological polar surface area (TPSA) is 90.3 Å². The first-order valence-corrected chi connectivity index (χ1v) is 11.0. The highest BCUT2D eigenvalue weighted by molar-refractivity contribution is 7.20. The molecule has 4 aromatic rings. The molecule has 168 valence electrons. The predicted octanol–water partition coefficient (Wildman–Crippen LogP) is 4.55. The van der Waals surface area contributed by atoms with Gasteiger partial charge < -0.3 is 10.1 Å². The highest BCUT2D eigenvalue weighted by Crippen LogP contribution is 2.27. The van der Waals surface area contributed by atoms with Crippen LogP contribution < -0.4 is 10.9 Å². The SMILES string of the molecule is Cc1c(C(=O)OCc2ccccc2)sc2ncn(CC(=O)Nc3ccc(F)c(Cl)c3)c(=O)c12. The number of nitrogens with one attached hydrogen (secondary N) is 1. The number of hydrogen-bond acceptors (Lipinski definition) is 6. The van der Waals surface area contributed by atoms with Crippen molar-refractivity contribution in [3.63, 3.8) is 0 Å². The Balaban J connectivity index is 1.52. The fraction of sp³-hybridized carbons (Fsp3) is 0.130. The van der Waals surface area contributed by atoms with Crippen LogP contribution in [0.2, 0.25) is 5.02 Å². The van der Waals surface area contributed by atoms with Gasteiger partial charge in [0, 0.05) is 5.69 Å². The molecular formula is C23H17ClFN3O4S. The van der Waals surface area contributed by atoms with E-state index >= 15 is 0 Å². The van der Waals surface area contributed by atoms with Crippen LogP contribution in [0.15, 0.2) is 59.7 Å². The third-order valence-electron chi connectivity index (χ3n) is 4.83. The molecule has 0 bridgehead atoms. The standard InChI is InChI=1S/C23H17ClFN3O4S/c1-13-19-21(33-20(13)23(31)32-11-14-5-3-2-4-6-14)26-12-28(22(19)30)10-18(29)27-15-7-8-17(25)16(24)9-15/h2-9,12H,10-11H2,1H3,(H,27,29). The molecule has 0 fully saturated rings. The fourth-order valence-corrected chi connectivity index (χ4v) is 4.40. The fourth-order valence-electron chi connectivity index (χ4n) is 3.18. The number of thiophene rings is 1. The van der Waals surface area contributed by atoms with E-state index in [9.17, 15) is 18.8 Å². The number of esters is 1. The van der Waals surface area contributed by atoms with Crippen LogP contribution in [0.25, 0.3) is 10.2 Å². The van der Waals surface area contributed by atoms with Crippen LogP contribution in [0.4, 0.5) is 10.1 Å². The number of carbonyl (C=O) groups is 2. The largest absolute Gasteiger partial charge is 0.457 e. The van der Waals surface area contributed by atoms with Gasteiger partial charge in [-0.15, -0.1) is 11.3 Å². The highest BCUT2D eigenvalue weighted by atomic mass is 35.5. The van der Waals surface area contributed by atoms with E-state index in [4.69, 9.17) is 16.3 Å². The molecule has 2 aromatic carbocycles. The number of amides is 1. The van der Waals surface area contributed by atoms with Crippen molar-refractivity contribution in [1.29, 1.82) is 0 Å². The number of benzene rings is 2. The Bertz CT molecular complexity index is 1420. The molecule has 2 heterocycles. The molecule has 0 aliphatic heterocycles. The summed E-state index contributed by atoms with van der Waals surface area (Å²) in [6.45, 7) is 1.43. The molecular weight excluding hydrogens is 469 g/mol. The zero-order valence-corrected chi connectivity index (χ0v) is 18.9. The van der Waals surface area contributed by atoms with E-state index in [1.165, 1.54) is 18.5 Å². The van der Waals surface area contributed by atoms with Gasteiger partial charge in [-0.2, -0.15) is 0 Å². The van der Waals surface area contributed by atoms with E-state index in [1.54, 1.807) is 6.92 Å². The van der Waals surface area contributed by atoms with Gasteiger partial charge in [-0.1, -0.05) is 41.9 Å². The first kappa shape index (κ1) is 22.6. The number of halogens is 2. The lowest BCUT2D eigenvalue weighted by Gasteiger charge is -2.08. The van der Waals surface area contributed by atoms with Crippen LogP contribution in [0, 0.1) is 12.7 Å². The summed E-state index contributed by atoms with van der Waals surface area (Å²) in [6.07, 6.45) is 1.25. The molecule has 0 unspecified atom stereocenters. The molecule has 0 radical (unpaired) electrons. The summed E-state index contributed by atoms with van der Waals surface area (Å²) in [5.41, 5.74) is 1.14. The van der Waals surface area contributed by atoms with Crippen LogP contribution in [-0.4, -0.2) is 21.4 Å². The van der Waals surface area contributed by atoms with E-state index in [2.05, 4.69) is 10.3 Å². The number of aryl methyl sites for hydroxylation is 1. The minimum atomic E-state index is -0.605. The molecule has 0 atom stereocenters. The maximum Gasteiger partial charge on any atom is 0.349 e. The lowest BCUT2D eigenvalue weighted by molar-refractivity contribution is -0.116. The summed E-state index contributed by atoms with van der Waals surface area (Å²) in [4.78, 5) is 42.8. The third-order valence-corrected chi connectivity index (χ3v) is 6.30. The molecule has 33 heavy (non-hydrogen) atoms. The van der Waals surface area contributed by atoms with E-state index in [0.717, 1.165) is 27.5 Å². The monoisotopic (exact) mass is 485 g/mol. The van der Waals surface area contributed by atoms with Crippen LogP contribution >= 0.6 is 22.9 Å². The normalized spacial score (nSPS) is 10.9. The van der Waals surface area contributed by atoms with Gasteiger partial charge in [0.1, 0.15) is 28.7 Å². The molecule has 4 rings (SSSR count). The molecule has 0 spiro atoms. The first-order valence-electron chi connectivity index (χ1n) is 9.78. The molecule has 10 heteroatoms. The first-order chi connectivity index (χ1) is 15.8. The molecule has 1 amide bonds. The van der Waals surface area contributed by atoms with Gasteiger partial charge >= 0.3 is 5.97 Å². The molecule has 2 aromatic heterocycles. The lowest BCUT2D eigenvalue weighted by Crippen LogP contribution is -2.27. The van der Waals surface area contributed by atoms with E-state index in [1.807, 2.05) is 30.3 Å². The van der Waals surface area contributed by atoms with Crippen molar-refractivity contribution in [3.8, 4) is 0 Å². The molecule has 0 aliphatic carbocycles. The van der Waals surface area contributed by atoms with Crippen molar-refractivity contribution in [2.24, 2.45) is 0 Å². The van der Waals surface area contributed by atoms with Gasteiger partial charge in [-0.25, -0.2) is 14.2 Å². The Morgan fingerprint density at radius 1 is 1.21 bits per heavy atom. The summed E-state index contributed by atoms with van der Waals surface area (Å²) in [5, 5.41) is 2.68. The van der Waals surface area contributed by atoms with Gasteiger partial charge in [0.15, 0.2) is 0 Å². The number of anilines is 1. The number of rotatable bonds is 6. The minimum absolute atomic E-state index is 0.110. The van der Waals surface area contributed by atoms with Crippen molar-refractivity contribution >= 4 is 50.7 Å². The summed E-state index contributed by atoms with van der Waals surface area (Å²) in [5.74, 6) is -1.67. The number of ether oxygens (including phenoxy) is 1. The molecule has 0 saturated heterocycles. The van der Waals surface area contributed by atoms with Gasteiger partial charge in [0.25, 0.3) is 5.56 Å². The average Bonchev–Trinajstić information content (AvgIpc) is 3.14. The van der Waals surface area contributed by atoms with Crippen molar-refractivity contribution in [2.75, 3.05) is 5.32 Å². The number of carbonyl (C=O) groups excluding carboxylic acids is 2. The number of fused-ring (bicyclic) bond motifs is 1. The second-order valence-corrected chi connectivity index (χ2v) is 8.56. The Hall–Kier alpha value is -3.56. The van der Waals surface area contributed by atoms with Gasteiger partial charge in [0.2, 0.25) is 5.91 Å². The minimum Gasteiger partial charge on any atom is -0.457 e. The van der Waals surface area contributed by atoms with Gasteiger partial charge in [-0.05, 0) is 36.2 Å². The van der Waals surface area contributed by atoms with Crippen LogP contribution in [0.3, 0.4) is 0 Å². The Morgan fingerprint density at radius 2 is 1.97 bits per heavy atom. The number of aromatic nitrogens is 2. The quantitative estimate of drug-likeness (QED) is 0.404. The summed E-state index contributed by atoms with van der Waals surface area (Å²) >= 11 is 6.79. The average molecular weight is 486 g/mol. The zero-order valence-electron chi connectivity index (χ0n) is 17.3. The van der Waals surface area contributed by atoms with Gasteiger partial charge in [-0.3, -0.25) is 14.2 Å². The van der Waals surface area contributed by atoms with Crippen molar-refractivity contribution < 1.29 is 18.7 Å². The Morgan fingerprint density at radius 3 is 2.70 bits per heavy atom. The second kappa shape index (κ2) is 9.51. The summed E-state index contributed by atoms with van der Waals surface area (Å²) in [7, 11) is 0. The maximum atomic E-state index is 13.3. The third kappa shape index (κ3) is 4.94. The van der Waals surface area contributed by atoms with Crippen LogP contribution in [0.1, 0.15) is 20.8 Å². The van der Waals surface area contributed by atoms with E-state index in [-0.39, 0.29) is 28.4 Å². The van der Waals surface area contributed by atoms with Gasteiger partial charge in [0.05, 0.1) is 16.7 Å². The van der Waals surface area contributed by atoms with Crippen molar-refractivity contribution in [2.45, 2.75) is 20.1 Å². The second-order valence-electron chi connectivity index (χ2n) is 7.15. The molecule has 7 nitrogen and oxygen atoms in total.